The molecule has 0 aromatic heterocycles. The Morgan fingerprint density at radius 1 is 1.30 bits per heavy atom. The summed E-state index contributed by atoms with van der Waals surface area (Å²) < 4.78 is 5.92. The molecule has 1 fully saturated rings. The third-order valence-electron chi connectivity index (χ3n) is 5.41. The molecule has 0 N–H and O–H groups in total. The van der Waals surface area contributed by atoms with Crippen LogP contribution >= 0.6 is 0 Å². The zero-order chi connectivity index (χ0) is 19.6. The van der Waals surface area contributed by atoms with E-state index in [4.69, 9.17) is 4.74 Å². The Bertz CT molecular complexity index is 719. The van der Waals surface area contributed by atoms with Crippen molar-refractivity contribution in [1.82, 2.24) is 9.80 Å². The number of anilines is 1. The molecule has 2 aliphatic heterocycles. The van der Waals surface area contributed by atoms with Gasteiger partial charge >= 0.3 is 0 Å². The number of hydrogen-bond donors (Lipinski definition) is 0. The van der Waals surface area contributed by atoms with Crippen LogP contribution in [0, 0.1) is 24.2 Å². The number of piperazine rings is 1. The van der Waals surface area contributed by atoms with Gasteiger partial charge in [0.25, 0.3) is 0 Å². The third-order valence-corrected chi connectivity index (χ3v) is 5.41. The molecule has 1 saturated heterocycles. The predicted molar refractivity (Wildman–Crippen MR) is 106 cm³/mol. The van der Waals surface area contributed by atoms with Gasteiger partial charge in [0, 0.05) is 26.2 Å². The lowest BCUT2D eigenvalue weighted by atomic mass is 10.0. The minimum absolute atomic E-state index is 0.0623. The number of nitrogens with zero attached hydrogens (tertiary/aromatic N) is 4. The second-order valence-electron chi connectivity index (χ2n) is 8.01. The number of hydrogen-bond acceptors (Lipinski definition) is 5. The lowest BCUT2D eigenvalue weighted by Crippen LogP contribution is -2.55. The van der Waals surface area contributed by atoms with Crippen LogP contribution in [0.4, 0.5) is 5.69 Å². The van der Waals surface area contributed by atoms with Crippen LogP contribution in [0.2, 0.25) is 0 Å². The Morgan fingerprint density at radius 2 is 2.00 bits per heavy atom. The molecule has 0 radical (unpaired) electrons. The molecular formula is C21H30N4O2. The lowest BCUT2D eigenvalue weighted by molar-refractivity contribution is -0.131. The van der Waals surface area contributed by atoms with Gasteiger partial charge < -0.3 is 14.5 Å². The summed E-state index contributed by atoms with van der Waals surface area (Å²) in [5.41, 5.74) is 2.17. The maximum Gasteiger partial charge on any atom is 0.242 e. The highest BCUT2D eigenvalue weighted by molar-refractivity contribution is 5.82. The maximum absolute atomic E-state index is 12.9. The summed E-state index contributed by atoms with van der Waals surface area (Å²) in [5.74, 6) is 1.30. The molecule has 27 heavy (non-hydrogen) atoms. The van der Waals surface area contributed by atoms with Crippen LogP contribution in [-0.4, -0.2) is 67.1 Å². The average Bonchev–Trinajstić information content (AvgIpc) is 2.63. The number of nitriles is 1. The summed E-state index contributed by atoms with van der Waals surface area (Å²) in [6, 6.07) is 8.45. The average molecular weight is 370 g/mol. The minimum atomic E-state index is -0.0720. The highest BCUT2D eigenvalue weighted by Gasteiger charge is 2.30. The maximum atomic E-state index is 12.9. The second-order valence-corrected chi connectivity index (χ2v) is 8.01. The molecule has 0 spiro atoms. The SMILES string of the molecule is Cc1ccc2c(c1)N(CC(=O)N1CCN(C(C#N)C(C)C)CC1)CC(C)O2. The van der Waals surface area contributed by atoms with E-state index < -0.39 is 0 Å². The van der Waals surface area contributed by atoms with E-state index in [-0.39, 0.29) is 18.1 Å². The molecule has 2 aliphatic rings. The summed E-state index contributed by atoms with van der Waals surface area (Å²) in [5, 5.41) is 9.39. The van der Waals surface area contributed by atoms with E-state index in [1.807, 2.05) is 24.0 Å². The Balaban J connectivity index is 1.62. The van der Waals surface area contributed by atoms with Gasteiger partial charge in [0.1, 0.15) is 17.9 Å². The predicted octanol–water partition coefficient (Wildman–Crippen LogP) is 2.27. The number of aryl methyl sites for hydroxylation is 1. The fourth-order valence-electron chi connectivity index (χ4n) is 3.95. The molecule has 6 nitrogen and oxygen atoms in total. The van der Waals surface area contributed by atoms with Crippen molar-refractivity contribution in [3.05, 3.63) is 23.8 Å². The summed E-state index contributed by atoms with van der Waals surface area (Å²) in [7, 11) is 0. The topological polar surface area (TPSA) is 59.8 Å². The Hall–Kier alpha value is -2.26. The number of carbonyl (C=O) groups excluding carboxylic acids is 1. The van der Waals surface area contributed by atoms with E-state index in [2.05, 4.69) is 42.7 Å². The van der Waals surface area contributed by atoms with Crippen molar-refractivity contribution in [2.24, 2.45) is 5.92 Å². The van der Waals surface area contributed by atoms with E-state index in [9.17, 15) is 10.1 Å². The van der Waals surface area contributed by atoms with Crippen molar-refractivity contribution >= 4 is 11.6 Å². The quantitative estimate of drug-likeness (QED) is 0.814. The molecule has 0 saturated carbocycles. The van der Waals surface area contributed by atoms with Gasteiger partial charge in [-0.25, -0.2) is 0 Å². The van der Waals surface area contributed by atoms with E-state index in [1.54, 1.807) is 0 Å². The smallest absolute Gasteiger partial charge is 0.242 e. The molecule has 146 valence electrons. The number of amides is 1. The normalized spacial score (nSPS) is 21.4. The number of ether oxygens (including phenoxy) is 1. The van der Waals surface area contributed by atoms with Crippen LogP contribution in [0.1, 0.15) is 26.3 Å². The van der Waals surface area contributed by atoms with Crippen molar-refractivity contribution in [2.45, 2.75) is 39.8 Å². The van der Waals surface area contributed by atoms with Crippen molar-refractivity contribution in [3.8, 4) is 11.8 Å². The monoisotopic (exact) mass is 370 g/mol. The van der Waals surface area contributed by atoms with Gasteiger partial charge in [0.05, 0.1) is 24.8 Å². The Kier molecular flexibility index (Phi) is 5.91. The molecule has 1 aromatic rings. The van der Waals surface area contributed by atoms with Gasteiger partial charge in [0.15, 0.2) is 0 Å². The Labute approximate surface area is 162 Å². The van der Waals surface area contributed by atoms with Crippen LogP contribution < -0.4 is 9.64 Å². The summed E-state index contributed by atoms with van der Waals surface area (Å²) >= 11 is 0. The summed E-state index contributed by atoms with van der Waals surface area (Å²) in [4.78, 5) is 19.2. The first-order valence-corrected chi connectivity index (χ1v) is 9.82. The highest BCUT2D eigenvalue weighted by atomic mass is 16.5. The van der Waals surface area contributed by atoms with Gasteiger partial charge in [-0.3, -0.25) is 9.69 Å². The number of fused-ring (bicyclic) bond motifs is 1. The van der Waals surface area contributed by atoms with Gasteiger partial charge in [-0.05, 0) is 37.5 Å². The molecule has 2 heterocycles. The summed E-state index contributed by atoms with van der Waals surface area (Å²) in [6.45, 7) is 12.2. The molecule has 2 atom stereocenters. The molecule has 1 aromatic carbocycles. The first kappa shape index (κ1) is 19.5. The summed E-state index contributed by atoms with van der Waals surface area (Å²) in [6.07, 6.45) is 0.0623. The molecule has 6 heteroatoms. The molecule has 0 bridgehead atoms. The highest BCUT2D eigenvalue weighted by Crippen LogP contribution is 2.34. The Morgan fingerprint density at radius 3 is 2.63 bits per heavy atom. The molecule has 3 rings (SSSR count). The third kappa shape index (κ3) is 4.36. The lowest BCUT2D eigenvalue weighted by Gasteiger charge is -2.40. The van der Waals surface area contributed by atoms with Gasteiger partial charge in [-0.1, -0.05) is 19.9 Å². The van der Waals surface area contributed by atoms with Crippen LogP contribution in [0.5, 0.6) is 5.75 Å². The molecule has 1 amide bonds. The first-order chi connectivity index (χ1) is 12.9. The number of rotatable bonds is 4. The van der Waals surface area contributed by atoms with E-state index in [0.29, 0.717) is 32.1 Å². The van der Waals surface area contributed by atoms with E-state index in [1.165, 1.54) is 0 Å². The van der Waals surface area contributed by atoms with E-state index in [0.717, 1.165) is 30.1 Å². The van der Waals surface area contributed by atoms with Crippen LogP contribution in [0.3, 0.4) is 0 Å². The number of benzene rings is 1. The first-order valence-electron chi connectivity index (χ1n) is 9.82. The van der Waals surface area contributed by atoms with Crippen LogP contribution in [-0.2, 0) is 4.79 Å². The van der Waals surface area contributed by atoms with Crippen molar-refractivity contribution in [1.29, 1.82) is 5.26 Å². The van der Waals surface area contributed by atoms with Crippen LogP contribution in [0.25, 0.3) is 0 Å². The zero-order valence-corrected chi connectivity index (χ0v) is 16.8. The van der Waals surface area contributed by atoms with Crippen molar-refractivity contribution in [2.75, 3.05) is 44.2 Å². The second kappa shape index (κ2) is 8.18. The minimum Gasteiger partial charge on any atom is -0.487 e. The van der Waals surface area contributed by atoms with Gasteiger partial charge in [-0.15, -0.1) is 0 Å². The molecular weight excluding hydrogens is 340 g/mol. The fraction of sp³-hybridized carbons (Fsp3) is 0.619. The fourth-order valence-corrected chi connectivity index (χ4v) is 3.95. The molecule has 2 unspecified atom stereocenters. The van der Waals surface area contributed by atoms with Gasteiger partial charge in [0.2, 0.25) is 5.91 Å². The largest absolute Gasteiger partial charge is 0.487 e. The van der Waals surface area contributed by atoms with Gasteiger partial charge in [-0.2, -0.15) is 5.26 Å². The molecule has 0 aliphatic carbocycles. The van der Waals surface area contributed by atoms with Crippen molar-refractivity contribution in [3.63, 3.8) is 0 Å². The van der Waals surface area contributed by atoms with Crippen molar-refractivity contribution < 1.29 is 9.53 Å². The standard InChI is InChI=1S/C21H30N4O2/c1-15(2)19(12-22)23-7-9-24(10-8-23)21(26)14-25-13-17(4)27-20-6-5-16(3)11-18(20)25/h5-6,11,15,17,19H,7-10,13-14H2,1-4H3. The van der Waals surface area contributed by atoms with E-state index >= 15 is 0 Å². The zero-order valence-electron chi connectivity index (χ0n) is 16.8. The van der Waals surface area contributed by atoms with Crippen LogP contribution in [0.15, 0.2) is 18.2 Å². The number of carbonyl (C=O) groups is 1.